The average Bonchev–Trinajstić information content (AvgIpc) is 2.25. The minimum Gasteiger partial charge on any atom is -0.317 e. The summed E-state index contributed by atoms with van der Waals surface area (Å²) in [5.41, 5.74) is 0.0942. The molecular weight excluding hydrogens is 256 g/mol. The van der Waals surface area contributed by atoms with Gasteiger partial charge in [-0.05, 0) is 53.8 Å². The van der Waals surface area contributed by atoms with Crippen molar-refractivity contribution in [1.82, 2.24) is 9.88 Å². The summed E-state index contributed by atoms with van der Waals surface area (Å²) in [6.07, 6.45) is 4.21. The highest BCUT2D eigenvalue weighted by Crippen LogP contribution is 2.14. The van der Waals surface area contributed by atoms with E-state index in [1.807, 2.05) is 6.20 Å². The number of hydrogen-bond donors (Lipinski definition) is 1. The van der Waals surface area contributed by atoms with Gasteiger partial charge in [0.25, 0.3) is 5.56 Å². The van der Waals surface area contributed by atoms with Gasteiger partial charge >= 0.3 is 0 Å². The number of nitrogens with zero attached hydrogens (tertiary/aromatic N) is 1. The SMILES string of the molecule is O=c1ccc(Br)cn1CC1CCNCC1. The Hall–Kier alpha value is -0.610. The van der Waals surface area contributed by atoms with Gasteiger partial charge in [-0.1, -0.05) is 0 Å². The average molecular weight is 271 g/mol. The molecule has 0 aromatic carbocycles. The van der Waals surface area contributed by atoms with Gasteiger partial charge in [0, 0.05) is 23.3 Å². The van der Waals surface area contributed by atoms with Crippen LogP contribution < -0.4 is 10.9 Å². The molecule has 2 heterocycles. The Labute approximate surface area is 97.6 Å². The van der Waals surface area contributed by atoms with Crippen molar-refractivity contribution in [3.8, 4) is 0 Å². The summed E-state index contributed by atoms with van der Waals surface area (Å²) >= 11 is 3.39. The molecule has 0 saturated carbocycles. The molecular formula is C11H15BrN2O. The summed E-state index contributed by atoms with van der Waals surface area (Å²) in [7, 11) is 0. The number of rotatable bonds is 2. The third-order valence-electron chi connectivity index (χ3n) is 2.86. The lowest BCUT2D eigenvalue weighted by Crippen LogP contribution is -2.32. The zero-order chi connectivity index (χ0) is 10.7. The van der Waals surface area contributed by atoms with Gasteiger partial charge in [-0.15, -0.1) is 0 Å². The predicted octanol–water partition coefficient (Wildman–Crippen LogP) is 1.61. The van der Waals surface area contributed by atoms with Crippen LogP contribution >= 0.6 is 15.9 Å². The molecule has 1 aliphatic heterocycles. The Balaban J connectivity index is 2.09. The van der Waals surface area contributed by atoms with Crippen LogP contribution in [-0.2, 0) is 6.54 Å². The second-order valence-corrected chi connectivity index (χ2v) is 4.95. The smallest absolute Gasteiger partial charge is 0.250 e. The molecule has 1 aromatic rings. The predicted molar refractivity (Wildman–Crippen MR) is 64.0 cm³/mol. The standard InChI is InChI=1S/C11H15BrN2O/c12-10-1-2-11(15)14(8-10)7-9-3-5-13-6-4-9/h1-2,8-9,13H,3-7H2. The van der Waals surface area contributed by atoms with E-state index in [1.54, 1.807) is 16.7 Å². The molecule has 1 aliphatic rings. The van der Waals surface area contributed by atoms with E-state index >= 15 is 0 Å². The summed E-state index contributed by atoms with van der Waals surface area (Å²) in [6, 6.07) is 3.41. The Bertz CT molecular complexity index is 382. The number of pyridine rings is 1. The van der Waals surface area contributed by atoms with E-state index in [-0.39, 0.29) is 5.56 Å². The quantitative estimate of drug-likeness (QED) is 0.886. The summed E-state index contributed by atoms with van der Waals surface area (Å²) in [4.78, 5) is 11.6. The first-order valence-corrected chi connectivity index (χ1v) is 6.12. The van der Waals surface area contributed by atoms with Crippen molar-refractivity contribution < 1.29 is 0 Å². The first kappa shape index (κ1) is 10.9. The monoisotopic (exact) mass is 270 g/mol. The lowest BCUT2D eigenvalue weighted by molar-refractivity contribution is 0.329. The van der Waals surface area contributed by atoms with Crippen LogP contribution in [0.1, 0.15) is 12.8 Å². The highest BCUT2D eigenvalue weighted by Gasteiger charge is 2.13. The fourth-order valence-corrected chi connectivity index (χ4v) is 2.37. The summed E-state index contributed by atoms with van der Waals surface area (Å²) < 4.78 is 2.77. The van der Waals surface area contributed by atoms with Crippen molar-refractivity contribution in [3.63, 3.8) is 0 Å². The number of aromatic nitrogens is 1. The summed E-state index contributed by atoms with van der Waals surface area (Å²) in [6.45, 7) is 3.00. The zero-order valence-electron chi connectivity index (χ0n) is 8.58. The molecule has 15 heavy (non-hydrogen) atoms. The molecule has 2 rings (SSSR count). The van der Waals surface area contributed by atoms with Gasteiger partial charge < -0.3 is 9.88 Å². The number of piperidine rings is 1. The summed E-state index contributed by atoms with van der Waals surface area (Å²) in [5.74, 6) is 0.637. The highest BCUT2D eigenvalue weighted by atomic mass is 79.9. The van der Waals surface area contributed by atoms with Crippen LogP contribution in [0.5, 0.6) is 0 Å². The Morgan fingerprint density at radius 3 is 2.87 bits per heavy atom. The maximum Gasteiger partial charge on any atom is 0.250 e. The molecule has 1 N–H and O–H groups in total. The fraction of sp³-hybridized carbons (Fsp3) is 0.545. The van der Waals surface area contributed by atoms with E-state index in [0.29, 0.717) is 5.92 Å². The minimum atomic E-state index is 0.0942. The molecule has 82 valence electrons. The van der Waals surface area contributed by atoms with E-state index in [9.17, 15) is 4.79 Å². The fourth-order valence-electron chi connectivity index (χ4n) is 1.99. The van der Waals surface area contributed by atoms with Gasteiger partial charge in [0.2, 0.25) is 0 Å². The maximum absolute atomic E-state index is 11.6. The molecule has 3 nitrogen and oxygen atoms in total. The molecule has 1 saturated heterocycles. The van der Waals surface area contributed by atoms with Crippen molar-refractivity contribution >= 4 is 15.9 Å². The number of nitrogens with one attached hydrogen (secondary N) is 1. The van der Waals surface area contributed by atoms with E-state index in [0.717, 1.165) is 24.1 Å². The van der Waals surface area contributed by atoms with Crippen molar-refractivity contribution in [1.29, 1.82) is 0 Å². The van der Waals surface area contributed by atoms with Crippen molar-refractivity contribution in [2.45, 2.75) is 19.4 Å². The molecule has 0 radical (unpaired) electrons. The summed E-state index contributed by atoms with van der Waals surface area (Å²) in [5, 5.41) is 3.33. The molecule has 0 unspecified atom stereocenters. The second kappa shape index (κ2) is 4.94. The molecule has 0 bridgehead atoms. The van der Waals surface area contributed by atoms with Gasteiger partial charge in [-0.3, -0.25) is 4.79 Å². The molecule has 1 aromatic heterocycles. The van der Waals surface area contributed by atoms with Crippen molar-refractivity contribution in [2.24, 2.45) is 5.92 Å². The lowest BCUT2D eigenvalue weighted by atomic mass is 9.98. The van der Waals surface area contributed by atoms with Crippen molar-refractivity contribution in [2.75, 3.05) is 13.1 Å². The normalized spacial score (nSPS) is 17.9. The Morgan fingerprint density at radius 2 is 2.13 bits per heavy atom. The molecule has 1 fully saturated rings. The van der Waals surface area contributed by atoms with Gasteiger partial charge in [0.1, 0.15) is 0 Å². The van der Waals surface area contributed by atoms with Gasteiger partial charge in [-0.2, -0.15) is 0 Å². The molecule has 0 amide bonds. The van der Waals surface area contributed by atoms with Gasteiger partial charge in [-0.25, -0.2) is 0 Å². The third-order valence-corrected chi connectivity index (χ3v) is 3.33. The second-order valence-electron chi connectivity index (χ2n) is 4.03. The lowest BCUT2D eigenvalue weighted by Gasteiger charge is -2.23. The number of halogens is 1. The molecule has 0 spiro atoms. The Morgan fingerprint density at radius 1 is 1.40 bits per heavy atom. The first-order chi connectivity index (χ1) is 7.25. The van der Waals surface area contributed by atoms with Crippen LogP contribution in [0, 0.1) is 5.92 Å². The van der Waals surface area contributed by atoms with E-state index in [1.165, 1.54) is 12.8 Å². The van der Waals surface area contributed by atoms with Crippen LogP contribution in [-0.4, -0.2) is 17.7 Å². The van der Waals surface area contributed by atoms with Crippen LogP contribution in [0.4, 0.5) is 0 Å². The van der Waals surface area contributed by atoms with E-state index in [4.69, 9.17) is 0 Å². The number of hydrogen-bond acceptors (Lipinski definition) is 2. The molecule has 0 aliphatic carbocycles. The van der Waals surface area contributed by atoms with Gasteiger partial charge in [0.15, 0.2) is 0 Å². The zero-order valence-corrected chi connectivity index (χ0v) is 10.2. The molecule has 4 heteroatoms. The third kappa shape index (κ3) is 2.92. The van der Waals surface area contributed by atoms with Crippen LogP contribution in [0.15, 0.2) is 27.6 Å². The van der Waals surface area contributed by atoms with Crippen LogP contribution in [0.3, 0.4) is 0 Å². The van der Waals surface area contributed by atoms with Crippen LogP contribution in [0.2, 0.25) is 0 Å². The largest absolute Gasteiger partial charge is 0.317 e. The van der Waals surface area contributed by atoms with E-state index in [2.05, 4.69) is 21.2 Å². The molecule has 0 atom stereocenters. The van der Waals surface area contributed by atoms with Crippen LogP contribution in [0.25, 0.3) is 0 Å². The highest BCUT2D eigenvalue weighted by molar-refractivity contribution is 9.10. The first-order valence-electron chi connectivity index (χ1n) is 5.32. The minimum absolute atomic E-state index is 0.0942. The van der Waals surface area contributed by atoms with Gasteiger partial charge in [0.05, 0.1) is 0 Å². The maximum atomic E-state index is 11.6. The van der Waals surface area contributed by atoms with Crippen molar-refractivity contribution in [3.05, 3.63) is 33.2 Å². The Kier molecular flexibility index (Phi) is 3.59. The topological polar surface area (TPSA) is 34.0 Å². The van der Waals surface area contributed by atoms with E-state index < -0.39 is 0 Å².